The minimum atomic E-state index is -0.816. The lowest BCUT2D eigenvalue weighted by molar-refractivity contribution is -0.143. The first-order valence-electron chi connectivity index (χ1n) is 9.33. The first-order chi connectivity index (χ1) is 13.1. The molecular formula is C23H29NO4. The summed E-state index contributed by atoms with van der Waals surface area (Å²) < 4.78 is 10.1. The van der Waals surface area contributed by atoms with Crippen LogP contribution in [0.25, 0.3) is 11.1 Å². The summed E-state index contributed by atoms with van der Waals surface area (Å²) in [6, 6.07) is 13.5. The fourth-order valence-electron chi connectivity index (χ4n) is 3.05. The maximum absolute atomic E-state index is 12.1. The summed E-state index contributed by atoms with van der Waals surface area (Å²) in [6.07, 6.45) is -0.322. The average Bonchev–Trinajstić information content (AvgIpc) is 2.60. The van der Waals surface area contributed by atoms with E-state index >= 15 is 0 Å². The van der Waals surface area contributed by atoms with E-state index in [0.717, 1.165) is 16.7 Å². The van der Waals surface area contributed by atoms with E-state index in [4.69, 9.17) is 9.47 Å². The van der Waals surface area contributed by atoms with Crippen LogP contribution in [-0.2, 0) is 20.7 Å². The molecule has 0 fully saturated rings. The Labute approximate surface area is 167 Å². The summed E-state index contributed by atoms with van der Waals surface area (Å²) in [5.41, 5.74) is 4.93. The fourth-order valence-corrected chi connectivity index (χ4v) is 3.05. The van der Waals surface area contributed by atoms with E-state index in [1.165, 1.54) is 18.2 Å². The summed E-state index contributed by atoms with van der Waals surface area (Å²) >= 11 is 0. The number of alkyl carbamates (subject to hydrolysis) is 1. The zero-order chi connectivity index (χ0) is 20.9. The molecule has 150 valence electrons. The molecule has 0 saturated carbocycles. The third-order valence-corrected chi connectivity index (χ3v) is 4.34. The van der Waals surface area contributed by atoms with Crippen molar-refractivity contribution in [1.82, 2.24) is 5.32 Å². The Hall–Kier alpha value is -2.82. The molecule has 0 aromatic heterocycles. The lowest BCUT2D eigenvalue weighted by Crippen LogP contribution is -2.45. The predicted molar refractivity (Wildman–Crippen MR) is 110 cm³/mol. The highest BCUT2D eigenvalue weighted by Gasteiger charge is 2.25. The van der Waals surface area contributed by atoms with Gasteiger partial charge < -0.3 is 14.8 Å². The van der Waals surface area contributed by atoms with Crippen LogP contribution in [0.15, 0.2) is 42.5 Å². The van der Waals surface area contributed by atoms with Gasteiger partial charge in [0.25, 0.3) is 0 Å². The second-order valence-electron chi connectivity index (χ2n) is 7.89. The molecule has 0 aliphatic carbocycles. The van der Waals surface area contributed by atoms with E-state index in [9.17, 15) is 9.59 Å². The van der Waals surface area contributed by atoms with Crippen molar-refractivity contribution in [1.29, 1.82) is 0 Å². The number of amides is 1. The fraction of sp³-hybridized carbons (Fsp3) is 0.391. The topological polar surface area (TPSA) is 64.6 Å². The van der Waals surface area contributed by atoms with Crippen LogP contribution >= 0.6 is 0 Å². The van der Waals surface area contributed by atoms with Crippen molar-refractivity contribution >= 4 is 12.1 Å². The van der Waals surface area contributed by atoms with Crippen LogP contribution in [0.4, 0.5) is 4.79 Å². The molecule has 0 aliphatic heterocycles. The Kier molecular flexibility index (Phi) is 6.84. The maximum Gasteiger partial charge on any atom is 0.408 e. The van der Waals surface area contributed by atoms with Gasteiger partial charge >= 0.3 is 12.1 Å². The summed E-state index contributed by atoms with van der Waals surface area (Å²) in [5, 5.41) is 2.61. The van der Waals surface area contributed by atoms with Crippen LogP contribution in [0.3, 0.4) is 0 Å². The van der Waals surface area contributed by atoms with Gasteiger partial charge in [0.2, 0.25) is 0 Å². The number of nitrogens with one attached hydrogen (secondary N) is 1. The molecule has 0 aliphatic rings. The van der Waals surface area contributed by atoms with Crippen LogP contribution in [0, 0.1) is 13.8 Å². The van der Waals surface area contributed by atoms with E-state index in [-0.39, 0.29) is 0 Å². The summed E-state index contributed by atoms with van der Waals surface area (Å²) in [5.74, 6) is -0.508. The van der Waals surface area contributed by atoms with Gasteiger partial charge in [-0.15, -0.1) is 0 Å². The highest BCUT2D eigenvalue weighted by atomic mass is 16.6. The van der Waals surface area contributed by atoms with Gasteiger partial charge in [0.15, 0.2) is 0 Å². The molecule has 5 heteroatoms. The van der Waals surface area contributed by atoms with Gasteiger partial charge in [0, 0.05) is 6.42 Å². The van der Waals surface area contributed by atoms with Crippen molar-refractivity contribution in [2.24, 2.45) is 0 Å². The Morgan fingerprint density at radius 3 is 2.21 bits per heavy atom. The van der Waals surface area contributed by atoms with Crippen LogP contribution in [-0.4, -0.2) is 30.8 Å². The number of esters is 1. The number of aryl methyl sites for hydroxylation is 2. The highest BCUT2D eigenvalue weighted by molar-refractivity contribution is 5.81. The van der Waals surface area contributed by atoms with E-state index in [2.05, 4.69) is 30.4 Å². The summed E-state index contributed by atoms with van der Waals surface area (Å²) in [4.78, 5) is 24.2. The number of methoxy groups -OCH3 is 1. The number of rotatable bonds is 5. The zero-order valence-corrected chi connectivity index (χ0v) is 17.5. The van der Waals surface area contributed by atoms with Crippen LogP contribution in [0.1, 0.15) is 37.5 Å². The van der Waals surface area contributed by atoms with Crippen molar-refractivity contribution < 1.29 is 19.1 Å². The Bertz CT molecular complexity index is 852. The molecule has 1 amide bonds. The Morgan fingerprint density at radius 2 is 1.64 bits per heavy atom. The van der Waals surface area contributed by atoms with Gasteiger partial charge in [-0.3, -0.25) is 0 Å². The van der Waals surface area contributed by atoms with Crippen LogP contribution in [0.5, 0.6) is 0 Å². The molecule has 0 bridgehead atoms. The van der Waals surface area contributed by atoms with E-state index < -0.39 is 23.7 Å². The van der Waals surface area contributed by atoms with Crippen molar-refractivity contribution in [2.75, 3.05) is 7.11 Å². The molecular weight excluding hydrogens is 354 g/mol. The van der Waals surface area contributed by atoms with Gasteiger partial charge in [-0.05, 0) is 62.4 Å². The molecule has 2 aromatic rings. The van der Waals surface area contributed by atoms with Crippen molar-refractivity contribution in [3.05, 3.63) is 59.2 Å². The quantitative estimate of drug-likeness (QED) is 0.768. The Balaban J connectivity index is 2.20. The van der Waals surface area contributed by atoms with Gasteiger partial charge in [-0.25, -0.2) is 9.59 Å². The first-order valence-corrected chi connectivity index (χ1v) is 9.33. The Morgan fingerprint density at radius 1 is 1.00 bits per heavy atom. The normalized spacial score (nSPS) is 12.2. The second kappa shape index (κ2) is 8.91. The molecule has 1 N–H and O–H groups in total. The molecule has 0 radical (unpaired) electrons. The summed E-state index contributed by atoms with van der Waals surface area (Å²) in [6.45, 7) is 9.44. The number of hydrogen-bond donors (Lipinski definition) is 1. The molecule has 2 rings (SSSR count). The second-order valence-corrected chi connectivity index (χ2v) is 7.89. The van der Waals surface area contributed by atoms with Crippen LogP contribution < -0.4 is 5.32 Å². The van der Waals surface area contributed by atoms with Gasteiger partial charge in [0.1, 0.15) is 11.6 Å². The molecule has 0 spiro atoms. The number of hydrogen-bond acceptors (Lipinski definition) is 4. The minimum absolute atomic E-state index is 0.320. The van der Waals surface area contributed by atoms with Crippen molar-refractivity contribution in [3.8, 4) is 11.1 Å². The average molecular weight is 383 g/mol. The minimum Gasteiger partial charge on any atom is -0.467 e. The smallest absolute Gasteiger partial charge is 0.408 e. The highest BCUT2D eigenvalue weighted by Crippen LogP contribution is 2.27. The number of carbonyl (C=O) groups excluding carboxylic acids is 2. The first kappa shape index (κ1) is 21.5. The third-order valence-electron chi connectivity index (χ3n) is 4.34. The molecule has 5 nitrogen and oxygen atoms in total. The monoisotopic (exact) mass is 383 g/mol. The predicted octanol–water partition coefficient (Wildman–Crippen LogP) is 4.58. The number of ether oxygens (including phenoxy) is 2. The number of benzene rings is 2. The van der Waals surface area contributed by atoms with Crippen molar-refractivity contribution in [3.63, 3.8) is 0 Å². The molecule has 2 aromatic carbocycles. The zero-order valence-electron chi connectivity index (χ0n) is 17.5. The molecule has 1 atom stereocenters. The number of carbonyl (C=O) groups is 2. The summed E-state index contributed by atoms with van der Waals surface area (Å²) in [7, 11) is 1.30. The SMILES string of the molecule is COC(=O)[C@H](Cc1ccc(-c2ccccc2C)c(C)c1)NC(=O)OC(C)(C)C. The van der Waals surface area contributed by atoms with Gasteiger partial charge in [0.05, 0.1) is 7.11 Å². The molecule has 0 unspecified atom stereocenters. The van der Waals surface area contributed by atoms with Crippen molar-refractivity contribution in [2.45, 2.75) is 52.7 Å². The molecule has 0 saturated heterocycles. The lowest BCUT2D eigenvalue weighted by Gasteiger charge is -2.23. The third kappa shape index (κ3) is 5.84. The standard InChI is InChI=1S/C23H29NO4/c1-15-9-7-8-10-18(15)19-12-11-17(13-16(19)2)14-20(21(25)27-6)24-22(26)28-23(3,4)5/h7-13,20H,14H2,1-6H3,(H,24,26)/t20-/m0/s1. The van der Waals surface area contributed by atoms with E-state index in [1.807, 2.05) is 31.2 Å². The molecule has 28 heavy (non-hydrogen) atoms. The van der Waals surface area contributed by atoms with Gasteiger partial charge in [-0.2, -0.15) is 0 Å². The largest absolute Gasteiger partial charge is 0.467 e. The van der Waals surface area contributed by atoms with Crippen LogP contribution in [0.2, 0.25) is 0 Å². The van der Waals surface area contributed by atoms with Gasteiger partial charge in [-0.1, -0.05) is 42.5 Å². The molecule has 0 heterocycles. The van der Waals surface area contributed by atoms with E-state index in [0.29, 0.717) is 6.42 Å². The maximum atomic E-state index is 12.1. The van der Waals surface area contributed by atoms with E-state index in [1.54, 1.807) is 20.8 Å². The lowest BCUT2D eigenvalue weighted by atomic mass is 9.94.